The Morgan fingerprint density at radius 1 is 1.39 bits per heavy atom. The van der Waals surface area contributed by atoms with Gasteiger partial charge < -0.3 is 0 Å². The van der Waals surface area contributed by atoms with Crippen LogP contribution < -0.4 is 0 Å². The van der Waals surface area contributed by atoms with Crippen molar-refractivity contribution in [3.05, 3.63) is 34.2 Å². The molecule has 0 aliphatic heterocycles. The van der Waals surface area contributed by atoms with Gasteiger partial charge in [-0.15, -0.1) is 5.10 Å². The minimum atomic E-state index is -0.604. The van der Waals surface area contributed by atoms with Gasteiger partial charge >= 0.3 is 0 Å². The van der Waals surface area contributed by atoms with Crippen LogP contribution in [0.3, 0.4) is 0 Å². The van der Waals surface area contributed by atoms with Crippen molar-refractivity contribution >= 4 is 29.1 Å². The first-order chi connectivity index (χ1) is 8.52. The van der Waals surface area contributed by atoms with Crippen LogP contribution in [0.25, 0.3) is 11.3 Å². The number of carbonyl (C=O) groups is 1. The van der Waals surface area contributed by atoms with Crippen LogP contribution in [0.15, 0.2) is 18.3 Å². The van der Waals surface area contributed by atoms with Crippen LogP contribution in [0.2, 0.25) is 10.0 Å². The van der Waals surface area contributed by atoms with Crippen LogP contribution in [0, 0.1) is 5.82 Å². The van der Waals surface area contributed by atoms with E-state index in [0.717, 1.165) is 10.7 Å². The molecule has 2 rings (SSSR count). The zero-order valence-corrected chi connectivity index (χ0v) is 10.8. The Kier molecular flexibility index (Phi) is 3.63. The van der Waals surface area contributed by atoms with Gasteiger partial charge in [-0.05, 0) is 12.1 Å². The summed E-state index contributed by atoms with van der Waals surface area (Å²) in [5, 5.41) is 7.62. The maximum atomic E-state index is 13.4. The quantitative estimate of drug-likeness (QED) is 0.795. The highest BCUT2D eigenvalue weighted by Crippen LogP contribution is 2.30. The molecular formula is C11H8Cl2FN3O. The molecule has 7 heteroatoms. The summed E-state index contributed by atoms with van der Waals surface area (Å²) < 4.78 is 14.5. The molecule has 4 nitrogen and oxygen atoms in total. The summed E-state index contributed by atoms with van der Waals surface area (Å²) in [5.41, 5.74) is 0.658. The summed E-state index contributed by atoms with van der Waals surface area (Å²) in [6, 6.07) is 2.45. The highest BCUT2D eigenvalue weighted by atomic mass is 35.5. The molecule has 0 fully saturated rings. The summed E-state index contributed by atoms with van der Waals surface area (Å²) in [5.74, 6) is -0.813. The van der Waals surface area contributed by atoms with E-state index in [-0.39, 0.29) is 16.0 Å². The predicted molar refractivity (Wildman–Crippen MR) is 66.4 cm³/mol. The number of benzene rings is 1. The topological polar surface area (TPSA) is 47.8 Å². The highest BCUT2D eigenvalue weighted by molar-refractivity contribution is 6.36. The molecule has 0 radical (unpaired) electrons. The van der Waals surface area contributed by atoms with Crippen molar-refractivity contribution in [3.8, 4) is 11.3 Å². The number of halogens is 3. The summed E-state index contributed by atoms with van der Waals surface area (Å²) in [6.45, 7) is 1.71. The van der Waals surface area contributed by atoms with Gasteiger partial charge in [-0.1, -0.05) is 35.3 Å². The van der Waals surface area contributed by atoms with Crippen LogP contribution in [0.5, 0.6) is 0 Å². The molecule has 0 atom stereocenters. The molecule has 0 spiro atoms. The van der Waals surface area contributed by atoms with Gasteiger partial charge in [0.2, 0.25) is 5.91 Å². The summed E-state index contributed by atoms with van der Waals surface area (Å²) >= 11 is 11.5. The van der Waals surface area contributed by atoms with Crippen LogP contribution in [0.1, 0.15) is 18.1 Å². The van der Waals surface area contributed by atoms with Crippen molar-refractivity contribution in [2.45, 2.75) is 13.3 Å². The van der Waals surface area contributed by atoms with Gasteiger partial charge in [0.25, 0.3) is 0 Å². The third-order valence-electron chi connectivity index (χ3n) is 2.34. The molecule has 18 heavy (non-hydrogen) atoms. The summed E-state index contributed by atoms with van der Waals surface area (Å²) in [6.07, 6.45) is 1.70. The molecule has 0 saturated heterocycles. The standard InChI is InChI=1S/C11H8Cl2FN3O/c1-2-11(18)17-5-10(15-16-17)6-3-9(14)8(13)4-7(6)12/h3-5H,2H2,1H3. The second-order valence-electron chi connectivity index (χ2n) is 3.54. The number of hydrogen-bond donors (Lipinski definition) is 0. The van der Waals surface area contributed by atoms with Crippen molar-refractivity contribution in [2.75, 3.05) is 0 Å². The van der Waals surface area contributed by atoms with Crippen LogP contribution >= 0.6 is 23.2 Å². The molecule has 0 saturated carbocycles. The molecule has 0 amide bonds. The molecular weight excluding hydrogens is 280 g/mol. The molecule has 0 aliphatic rings. The smallest absolute Gasteiger partial charge is 0.248 e. The monoisotopic (exact) mass is 287 g/mol. The lowest BCUT2D eigenvalue weighted by atomic mass is 10.1. The minimum Gasteiger partial charge on any atom is -0.273 e. The first-order valence-corrected chi connectivity index (χ1v) is 5.89. The Balaban J connectivity index is 2.46. The lowest BCUT2D eigenvalue weighted by Crippen LogP contribution is -2.09. The van der Waals surface area contributed by atoms with Crippen molar-refractivity contribution in [1.82, 2.24) is 15.0 Å². The zero-order valence-electron chi connectivity index (χ0n) is 9.32. The van der Waals surface area contributed by atoms with E-state index in [4.69, 9.17) is 23.2 Å². The number of carbonyl (C=O) groups excluding carboxylic acids is 1. The maximum absolute atomic E-state index is 13.4. The average Bonchev–Trinajstić information content (AvgIpc) is 2.82. The lowest BCUT2D eigenvalue weighted by molar-refractivity contribution is 0.0890. The Hall–Kier alpha value is -1.46. The Labute approximate surface area is 112 Å². The Morgan fingerprint density at radius 3 is 2.78 bits per heavy atom. The van der Waals surface area contributed by atoms with E-state index in [9.17, 15) is 9.18 Å². The summed E-state index contributed by atoms with van der Waals surface area (Å²) in [7, 11) is 0. The van der Waals surface area contributed by atoms with Crippen LogP contribution in [-0.4, -0.2) is 20.9 Å². The van der Waals surface area contributed by atoms with Crippen molar-refractivity contribution in [1.29, 1.82) is 0 Å². The predicted octanol–water partition coefficient (Wildman–Crippen LogP) is 3.44. The minimum absolute atomic E-state index is 0.0687. The number of aromatic nitrogens is 3. The van der Waals surface area contributed by atoms with Gasteiger partial charge in [-0.25, -0.2) is 4.39 Å². The normalized spacial score (nSPS) is 10.7. The average molecular weight is 288 g/mol. The Morgan fingerprint density at radius 2 is 2.11 bits per heavy atom. The molecule has 1 aromatic carbocycles. The van der Waals surface area contributed by atoms with E-state index >= 15 is 0 Å². The summed E-state index contributed by atoms with van der Waals surface area (Å²) in [4.78, 5) is 11.4. The van der Waals surface area contributed by atoms with Gasteiger partial charge in [0, 0.05) is 12.0 Å². The molecule has 0 N–H and O–H groups in total. The molecule has 1 heterocycles. The van der Waals surface area contributed by atoms with Gasteiger partial charge in [0.15, 0.2) is 0 Å². The number of hydrogen-bond acceptors (Lipinski definition) is 3. The fourth-order valence-corrected chi connectivity index (χ4v) is 1.87. The third kappa shape index (κ3) is 2.37. The molecule has 1 aromatic heterocycles. The second kappa shape index (κ2) is 5.04. The Bertz CT molecular complexity index is 612. The second-order valence-corrected chi connectivity index (χ2v) is 4.36. The first-order valence-electron chi connectivity index (χ1n) is 5.13. The molecule has 94 valence electrons. The van der Waals surface area contributed by atoms with Crippen molar-refractivity contribution in [2.24, 2.45) is 0 Å². The molecule has 0 aliphatic carbocycles. The van der Waals surface area contributed by atoms with Gasteiger partial charge in [0.05, 0.1) is 16.2 Å². The van der Waals surface area contributed by atoms with Gasteiger partial charge in [-0.3, -0.25) is 4.79 Å². The highest BCUT2D eigenvalue weighted by Gasteiger charge is 2.13. The first kappa shape index (κ1) is 13.0. The van der Waals surface area contributed by atoms with Crippen LogP contribution in [-0.2, 0) is 0 Å². The van der Waals surface area contributed by atoms with E-state index in [1.54, 1.807) is 6.92 Å². The van der Waals surface area contributed by atoms with E-state index in [1.165, 1.54) is 12.3 Å². The van der Waals surface area contributed by atoms with Crippen LogP contribution in [0.4, 0.5) is 4.39 Å². The number of nitrogens with zero attached hydrogens (tertiary/aromatic N) is 3. The zero-order chi connectivity index (χ0) is 13.3. The third-order valence-corrected chi connectivity index (χ3v) is 2.94. The molecule has 0 unspecified atom stereocenters. The lowest BCUT2D eigenvalue weighted by Gasteiger charge is -2.01. The van der Waals surface area contributed by atoms with E-state index in [1.807, 2.05) is 0 Å². The fourth-order valence-electron chi connectivity index (χ4n) is 1.39. The maximum Gasteiger partial charge on any atom is 0.248 e. The van der Waals surface area contributed by atoms with E-state index < -0.39 is 5.82 Å². The van der Waals surface area contributed by atoms with Gasteiger partial charge in [-0.2, -0.15) is 4.68 Å². The largest absolute Gasteiger partial charge is 0.273 e. The van der Waals surface area contributed by atoms with Gasteiger partial charge in [0.1, 0.15) is 11.5 Å². The van der Waals surface area contributed by atoms with Crippen molar-refractivity contribution < 1.29 is 9.18 Å². The SMILES string of the molecule is CCC(=O)n1cc(-c2cc(F)c(Cl)cc2Cl)nn1. The number of rotatable bonds is 2. The van der Waals surface area contributed by atoms with E-state index in [0.29, 0.717) is 17.7 Å². The van der Waals surface area contributed by atoms with Crippen molar-refractivity contribution in [3.63, 3.8) is 0 Å². The fraction of sp³-hybridized carbons (Fsp3) is 0.182. The molecule has 2 aromatic rings. The molecule has 0 bridgehead atoms. The van der Waals surface area contributed by atoms with E-state index in [2.05, 4.69) is 10.3 Å².